The zero-order valence-electron chi connectivity index (χ0n) is 9.20. The average Bonchev–Trinajstić information content (AvgIpc) is 2.26. The Bertz CT molecular complexity index is 437. The summed E-state index contributed by atoms with van der Waals surface area (Å²) < 4.78 is 0. The van der Waals surface area contributed by atoms with Crippen LogP contribution in [0, 0.1) is 10.1 Å². The van der Waals surface area contributed by atoms with E-state index in [0.29, 0.717) is 12.2 Å². The number of nitro groups is 1. The first-order valence-corrected chi connectivity index (χ1v) is 5.41. The van der Waals surface area contributed by atoms with Crippen molar-refractivity contribution >= 4 is 29.0 Å². The highest BCUT2D eigenvalue weighted by atomic mass is 35.5. The second-order valence-corrected chi connectivity index (χ2v) is 3.71. The summed E-state index contributed by atoms with van der Waals surface area (Å²) in [4.78, 5) is 21.2. The van der Waals surface area contributed by atoms with Gasteiger partial charge in [0.2, 0.25) is 0 Å². The molecular formula is C10H12ClN3O3. The Morgan fingerprint density at radius 2 is 2.24 bits per heavy atom. The summed E-state index contributed by atoms with van der Waals surface area (Å²) in [5.74, 6) is 0. The van der Waals surface area contributed by atoms with Crippen molar-refractivity contribution in [3.8, 4) is 0 Å². The van der Waals surface area contributed by atoms with Crippen LogP contribution in [0.15, 0.2) is 18.2 Å². The molecule has 2 amide bonds. The highest BCUT2D eigenvalue weighted by molar-refractivity contribution is 6.33. The van der Waals surface area contributed by atoms with Gasteiger partial charge in [0, 0.05) is 18.3 Å². The number of hydrogen-bond donors (Lipinski definition) is 2. The molecule has 0 radical (unpaired) electrons. The molecular weight excluding hydrogens is 246 g/mol. The molecule has 2 N–H and O–H groups in total. The highest BCUT2D eigenvalue weighted by Crippen LogP contribution is 2.26. The van der Waals surface area contributed by atoms with Crippen molar-refractivity contribution in [2.24, 2.45) is 0 Å². The Balaban J connectivity index is 2.70. The van der Waals surface area contributed by atoms with Gasteiger partial charge in [-0.05, 0) is 18.6 Å². The Labute approximate surface area is 103 Å². The van der Waals surface area contributed by atoms with E-state index in [9.17, 15) is 14.9 Å². The van der Waals surface area contributed by atoms with Crippen LogP contribution >= 0.6 is 11.6 Å². The number of nitro benzene ring substituents is 1. The number of nitrogens with zero attached hydrogens (tertiary/aromatic N) is 1. The maximum absolute atomic E-state index is 11.3. The minimum Gasteiger partial charge on any atom is -0.338 e. The molecule has 1 aromatic rings. The van der Waals surface area contributed by atoms with Crippen molar-refractivity contribution in [2.75, 3.05) is 11.9 Å². The van der Waals surface area contributed by atoms with E-state index < -0.39 is 4.92 Å². The first-order chi connectivity index (χ1) is 8.04. The average molecular weight is 258 g/mol. The number of amides is 2. The third-order valence-electron chi connectivity index (χ3n) is 1.94. The number of hydrogen-bond acceptors (Lipinski definition) is 3. The molecule has 0 aromatic heterocycles. The second-order valence-electron chi connectivity index (χ2n) is 3.30. The molecule has 0 aliphatic carbocycles. The lowest BCUT2D eigenvalue weighted by Crippen LogP contribution is -2.29. The Hall–Kier alpha value is -1.82. The van der Waals surface area contributed by atoms with Crippen LogP contribution in [-0.4, -0.2) is 17.5 Å². The van der Waals surface area contributed by atoms with Gasteiger partial charge in [-0.3, -0.25) is 10.1 Å². The summed E-state index contributed by atoms with van der Waals surface area (Å²) in [5.41, 5.74) is 0.223. The molecule has 0 saturated heterocycles. The zero-order valence-corrected chi connectivity index (χ0v) is 9.95. The van der Waals surface area contributed by atoms with Crippen molar-refractivity contribution in [3.05, 3.63) is 33.3 Å². The largest absolute Gasteiger partial charge is 0.338 e. The van der Waals surface area contributed by atoms with Gasteiger partial charge in [-0.1, -0.05) is 18.5 Å². The van der Waals surface area contributed by atoms with E-state index in [0.717, 1.165) is 6.42 Å². The van der Waals surface area contributed by atoms with E-state index in [1.165, 1.54) is 18.2 Å². The molecule has 0 spiro atoms. The van der Waals surface area contributed by atoms with Crippen LogP contribution in [0.25, 0.3) is 0 Å². The number of carbonyl (C=O) groups excluding carboxylic acids is 1. The van der Waals surface area contributed by atoms with E-state index in [2.05, 4.69) is 10.6 Å². The third kappa shape index (κ3) is 3.92. The van der Waals surface area contributed by atoms with Crippen molar-refractivity contribution in [1.82, 2.24) is 5.32 Å². The zero-order chi connectivity index (χ0) is 12.8. The predicted molar refractivity (Wildman–Crippen MR) is 65.4 cm³/mol. The molecule has 1 rings (SSSR count). The standard InChI is InChI=1S/C10H12ClN3O3/c1-2-5-12-10(15)13-7-3-4-9(14(16)17)8(11)6-7/h3-4,6H,2,5H2,1H3,(H2,12,13,15). The van der Waals surface area contributed by atoms with Crippen molar-refractivity contribution in [3.63, 3.8) is 0 Å². The fourth-order valence-electron chi connectivity index (χ4n) is 1.15. The van der Waals surface area contributed by atoms with Crippen LogP contribution in [0.1, 0.15) is 13.3 Å². The normalized spacial score (nSPS) is 9.76. The minimum absolute atomic E-state index is 0.0108. The maximum Gasteiger partial charge on any atom is 0.319 e. The van der Waals surface area contributed by atoms with E-state index >= 15 is 0 Å². The van der Waals surface area contributed by atoms with Gasteiger partial charge < -0.3 is 10.6 Å². The highest BCUT2D eigenvalue weighted by Gasteiger charge is 2.12. The third-order valence-corrected chi connectivity index (χ3v) is 2.24. The second kappa shape index (κ2) is 6.05. The van der Waals surface area contributed by atoms with Gasteiger partial charge in [-0.25, -0.2) is 4.79 Å². The van der Waals surface area contributed by atoms with E-state index in [4.69, 9.17) is 11.6 Å². The molecule has 0 aliphatic heterocycles. The molecule has 0 atom stereocenters. The van der Waals surface area contributed by atoms with E-state index in [1.54, 1.807) is 0 Å². The number of nitrogens with one attached hydrogen (secondary N) is 2. The van der Waals surface area contributed by atoms with Gasteiger partial charge in [0.15, 0.2) is 0 Å². The summed E-state index contributed by atoms with van der Waals surface area (Å²) in [6, 6.07) is 3.65. The molecule has 0 heterocycles. The molecule has 92 valence electrons. The number of carbonyl (C=O) groups is 1. The van der Waals surface area contributed by atoms with Gasteiger partial charge in [0.25, 0.3) is 5.69 Å². The van der Waals surface area contributed by atoms with Crippen molar-refractivity contribution in [2.45, 2.75) is 13.3 Å². The van der Waals surface area contributed by atoms with Gasteiger partial charge in [0.1, 0.15) is 5.02 Å². The van der Waals surface area contributed by atoms with E-state index in [-0.39, 0.29) is 16.7 Å². The Kier molecular flexibility index (Phi) is 4.71. The first kappa shape index (κ1) is 13.2. The topological polar surface area (TPSA) is 84.3 Å². The molecule has 17 heavy (non-hydrogen) atoms. The fraction of sp³-hybridized carbons (Fsp3) is 0.300. The number of anilines is 1. The summed E-state index contributed by atoms with van der Waals surface area (Å²) in [6.45, 7) is 2.50. The van der Waals surface area contributed by atoms with Gasteiger partial charge in [-0.2, -0.15) is 0 Å². The Morgan fingerprint density at radius 3 is 2.76 bits per heavy atom. The number of benzene rings is 1. The van der Waals surface area contributed by atoms with Crippen molar-refractivity contribution in [1.29, 1.82) is 0 Å². The minimum atomic E-state index is -0.580. The van der Waals surface area contributed by atoms with Gasteiger partial charge in [0.05, 0.1) is 4.92 Å². The molecule has 7 heteroatoms. The Morgan fingerprint density at radius 1 is 1.53 bits per heavy atom. The fourth-order valence-corrected chi connectivity index (χ4v) is 1.40. The lowest BCUT2D eigenvalue weighted by atomic mass is 10.3. The van der Waals surface area contributed by atoms with Crippen LogP contribution in [0.4, 0.5) is 16.2 Å². The van der Waals surface area contributed by atoms with Gasteiger partial charge in [-0.15, -0.1) is 0 Å². The maximum atomic E-state index is 11.3. The summed E-state index contributed by atoms with van der Waals surface area (Å²) in [6.07, 6.45) is 0.828. The first-order valence-electron chi connectivity index (χ1n) is 5.03. The molecule has 0 fully saturated rings. The lowest BCUT2D eigenvalue weighted by molar-refractivity contribution is -0.384. The number of rotatable bonds is 4. The van der Waals surface area contributed by atoms with Crippen LogP contribution in [0.3, 0.4) is 0 Å². The molecule has 1 aromatic carbocycles. The molecule has 6 nitrogen and oxygen atoms in total. The monoisotopic (exact) mass is 257 g/mol. The van der Waals surface area contributed by atoms with Crippen LogP contribution < -0.4 is 10.6 Å². The lowest BCUT2D eigenvalue weighted by Gasteiger charge is -2.06. The molecule has 0 bridgehead atoms. The van der Waals surface area contributed by atoms with Crippen LogP contribution in [0.2, 0.25) is 5.02 Å². The summed E-state index contributed by atoms with van der Waals surface area (Å²) in [7, 11) is 0. The molecule has 0 aliphatic rings. The summed E-state index contributed by atoms with van der Waals surface area (Å²) in [5, 5.41) is 15.6. The quantitative estimate of drug-likeness (QED) is 0.642. The number of urea groups is 1. The van der Waals surface area contributed by atoms with Crippen molar-refractivity contribution < 1.29 is 9.72 Å². The summed E-state index contributed by atoms with van der Waals surface area (Å²) >= 11 is 5.70. The smallest absolute Gasteiger partial charge is 0.319 e. The molecule has 0 saturated carbocycles. The van der Waals surface area contributed by atoms with Crippen LogP contribution in [0.5, 0.6) is 0 Å². The van der Waals surface area contributed by atoms with Gasteiger partial charge >= 0.3 is 6.03 Å². The SMILES string of the molecule is CCCNC(=O)Nc1ccc([N+](=O)[O-])c(Cl)c1. The molecule has 0 unspecified atom stereocenters. The van der Waals surface area contributed by atoms with Crippen LogP contribution in [-0.2, 0) is 0 Å². The predicted octanol–water partition coefficient (Wildman–Crippen LogP) is 2.78. The number of halogens is 1. The van der Waals surface area contributed by atoms with E-state index in [1.807, 2.05) is 6.92 Å².